The van der Waals surface area contributed by atoms with Crippen molar-refractivity contribution in [1.82, 2.24) is 0 Å². The van der Waals surface area contributed by atoms with Crippen molar-refractivity contribution in [3.63, 3.8) is 0 Å². The molecule has 3 nitrogen and oxygen atoms in total. The van der Waals surface area contributed by atoms with Crippen LogP contribution in [0.2, 0.25) is 0 Å². The Morgan fingerprint density at radius 1 is 0.517 bits per heavy atom. The molecule has 0 aliphatic rings. The molecule has 0 aliphatic heterocycles. The highest BCUT2D eigenvalue weighted by Gasteiger charge is 2.37. The van der Waals surface area contributed by atoms with Crippen LogP contribution in [0.4, 0.5) is 4.39 Å². The van der Waals surface area contributed by atoms with E-state index in [4.69, 9.17) is 14.2 Å². The van der Waals surface area contributed by atoms with Gasteiger partial charge >= 0.3 is 0 Å². The second kappa shape index (κ2) is 11.5. The molecular weight excluding hydrogens is 367 g/mol. The molecule has 0 atom stereocenters. The molecule has 0 aliphatic carbocycles. The minimum Gasteiger partial charge on any atom is -0.377 e. The van der Waals surface area contributed by atoms with E-state index in [-0.39, 0.29) is 6.61 Å². The van der Waals surface area contributed by atoms with Gasteiger partial charge < -0.3 is 14.2 Å². The van der Waals surface area contributed by atoms with Crippen LogP contribution < -0.4 is 0 Å². The van der Waals surface area contributed by atoms with Gasteiger partial charge in [-0.15, -0.1) is 0 Å². The van der Waals surface area contributed by atoms with Crippen molar-refractivity contribution in [3.05, 3.63) is 108 Å². The summed E-state index contributed by atoms with van der Waals surface area (Å²) >= 11 is 0. The van der Waals surface area contributed by atoms with E-state index in [0.717, 1.165) is 16.7 Å². The number of ether oxygens (including phenoxy) is 3. The summed E-state index contributed by atoms with van der Waals surface area (Å²) in [6.45, 7) is 1.26. The smallest absolute Gasteiger partial charge is 0.143 e. The Morgan fingerprint density at radius 3 is 1.31 bits per heavy atom. The Kier molecular flexibility index (Phi) is 8.38. The normalized spacial score (nSPS) is 11.5. The molecule has 0 saturated heterocycles. The summed E-state index contributed by atoms with van der Waals surface area (Å²) in [4.78, 5) is 0. The van der Waals surface area contributed by atoms with Crippen molar-refractivity contribution >= 4 is 0 Å². The summed E-state index contributed by atoms with van der Waals surface area (Å²) in [5, 5.41) is 0. The number of alkyl halides is 1. The standard InChI is InChI=1S/C25H27FO3/c26-16-17-27-18-19-28-20-21-29-25(22-10-4-1-5-11-22,23-12-6-2-7-13-23)24-14-8-3-9-15-24/h1-15H,16-21H2. The Labute approximate surface area is 172 Å². The van der Waals surface area contributed by atoms with Crippen LogP contribution >= 0.6 is 0 Å². The average molecular weight is 394 g/mol. The maximum absolute atomic E-state index is 12.1. The fourth-order valence-corrected chi connectivity index (χ4v) is 3.40. The fraction of sp³-hybridized carbons (Fsp3) is 0.280. The first-order valence-electron chi connectivity index (χ1n) is 9.90. The number of benzene rings is 3. The highest BCUT2D eigenvalue weighted by Crippen LogP contribution is 2.40. The molecule has 0 fully saturated rings. The van der Waals surface area contributed by atoms with Gasteiger partial charge in [0.25, 0.3) is 0 Å². The van der Waals surface area contributed by atoms with E-state index >= 15 is 0 Å². The van der Waals surface area contributed by atoms with Gasteiger partial charge in [-0.25, -0.2) is 4.39 Å². The molecular formula is C25H27FO3. The van der Waals surface area contributed by atoms with Crippen LogP contribution in [0.1, 0.15) is 16.7 Å². The first-order chi connectivity index (χ1) is 14.4. The molecule has 3 rings (SSSR count). The number of halogens is 1. The number of hydrogen-bond donors (Lipinski definition) is 0. The monoisotopic (exact) mass is 394 g/mol. The lowest BCUT2D eigenvalue weighted by Crippen LogP contribution is -2.34. The van der Waals surface area contributed by atoms with Crippen molar-refractivity contribution in [2.75, 3.05) is 39.7 Å². The molecule has 0 radical (unpaired) electrons. The van der Waals surface area contributed by atoms with E-state index < -0.39 is 12.3 Å². The first-order valence-corrected chi connectivity index (χ1v) is 9.90. The SMILES string of the molecule is FCCOCCOCCOC(c1ccccc1)(c1ccccc1)c1ccccc1. The molecule has 0 saturated carbocycles. The number of hydrogen-bond acceptors (Lipinski definition) is 3. The summed E-state index contributed by atoms with van der Waals surface area (Å²) in [5.74, 6) is 0. The first kappa shape index (κ1) is 21.2. The van der Waals surface area contributed by atoms with Gasteiger partial charge in [0.2, 0.25) is 0 Å². The van der Waals surface area contributed by atoms with Gasteiger partial charge in [-0.2, -0.15) is 0 Å². The second-order valence-electron chi connectivity index (χ2n) is 6.54. The average Bonchev–Trinajstić information content (AvgIpc) is 2.80. The molecule has 4 heteroatoms. The second-order valence-corrected chi connectivity index (χ2v) is 6.54. The molecule has 0 N–H and O–H groups in total. The number of rotatable bonds is 12. The molecule has 152 valence electrons. The van der Waals surface area contributed by atoms with Crippen LogP contribution in [-0.4, -0.2) is 39.7 Å². The molecule has 29 heavy (non-hydrogen) atoms. The summed E-state index contributed by atoms with van der Waals surface area (Å²) in [6.07, 6.45) is 0. The largest absolute Gasteiger partial charge is 0.377 e. The summed E-state index contributed by atoms with van der Waals surface area (Å²) in [6, 6.07) is 30.7. The van der Waals surface area contributed by atoms with Crippen molar-refractivity contribution in [3.8, 4) is 0 Å². The minimum absolute atomic E-state index is 0.110. The van der Waals surface area contributed by atoms with Gasteiger partial charge in [0.15, 0.2) is 0 Å². The van der Waals surface area contributed by atoms with Crippen LogP contribution in [0, 0.1) is 0 Å². The van der Waals surface area contributed by atoms with Crippen LogP contribution in [0.15, 0.2) is 91.0 Å². The predicted molar refractivity (Wildman–Crippen MR) is 113 cm³/mol. The Bertz CT molecular complexity index is 713. The van der Waals surface area contributed by atoms with Crippen molar-refractivity contribution in [2.45, 2.75) is 5.60 Å². The Balaban J connectivity index is 1.83. The zero-order valence-electron chi connectivity index (χ0n) is 16.5. The molecule has 3 aromatic rings. The van der Waals surface area contributed by atoms with E-state index in [9.17, 15) is 4.39 Å². The molecule has 0 spiro atoms. The van der Waals surface area contributed by atoms with Gasteiger partial charge in [0, 0.05) is 0 Å². The van der Waals surface area contributed by atoms with Crippen molar-refractivity contribution in [1.29, 1.82) is 0 Å². The van der Waals surface area contributed by atoms with Crippen LogP contribution in [0.25, 0.3) is 0 Å². The highest BCUT2D eigenvalue weighted by atomic mass is 19.1. The van der Waals surface area contributed by atoms with Gasteiger partial charge in [0.05, 0.1) is 33.0 Å². The molecule has 0 bridgehead atoms. The fourth-order valence-electron chi connectivity index (χ4n) is 3.40. The third kappa shape index (κ3) is 5.51. The zero-order chi connectivity index (χ0) is 20.2. The Morgan fingerprint density at radius 2 is 0.897 bits per heavy atom. The van der Waals surface area contributed by atoms with Gasteiger partial charge in [-0.05, 0) is 16.7 Å². The van der Waals surface area contributed by atoms with Crippen LogP contribution in [0.3, 0.4) is 0 Å². The van der Waals surface area contributed by atoms with Gasteiger partial charge in [-0.3, -0.25) is 0 Å². The summed E-state index contributed by atoms with van der Waals surface area (Å²) < 4.78 is 29.4. The lowest BCUT2D eigenvalue weighted by molar-refractivity contribution is -0.0338. The highest BCUT2D eigenvalue weighted by molar-refractivity contribution is 5.47. The predicted octanol–water partition coefficient (Wildman–Crippen LogP) is 5.00. The zero-order valence-corrected chi connectivity index (χ0v) is 16.5. The molecule has 0 heterocycles. The maximum Gasteiger partial charge on any atom is 0.143 e. The van der Waals surface area contributed by atoms with Crippen molar-refractivity contribution in [2.24, 2.45) is 0 Å². The van der Waals surface area contributed by atoms with Crippen LogP contribution in [-0.2, 0) is 19.8 Å². The maximum atomic E-state index is 12.1. The van der Waals surface area contributed by atoms with E-state index in [1.807, 2.05) is 54.6 Å². The van der Waals surface area contributed by atoms with E-state index in [1.165, 1.54) is 0 Å². The van der Waals surface area contributed by atoms with Gasteiger partial charge in [0.1, 0.15) is 12.3 Å². The molecule has 0 aromatic heterocycles. The lowest BCUT2D eigenvalue weighted by atomic mass is 9.80. The Hall–Kier alpha value is -2.53. The van der Waals surface area contributed by atoms with Crippen molar-refractivity contribution < 1.29 is 18.6 Å². The van der Waals surface area contributed by atoms with E-state index in [1.54, 1.807) is 0 Å². The molecule has 0 amide bonds. The minimum atomic E-state index is -0.738. The molecule has 3 aromatic carbocycles. The third-order valence-corrected chi connectivity index (χ3v) is 4.68. The quantitative estimate of drug-likeness (QED) is 0.320. The summed E-state index contributed by atoms with van der Waals surface area (Å²) in [5.41, 5.74) is 2.44. The lowest BCUT2D eigenvalue weighted by Gasteiger charge is -2.36. The topological polar surface area (TPSA) is 27.7 Å². The van der Waals surface area contributed by atoms with E-state index in [0.29, 0.717) is 26.4 Å². The summed E-state index contributed by atoms with van der Waals surface area (Å²) in [7, 11) is 0. The molecule has 0 unspecified atom stereocenters. The van der Waals surface area contributed by atoms with Gasteiger partial charge in [-0.1, -0.05) is 91.0 Å². The van der Waals surface area contributed by atoms with Crippen LogP contribution in [0.5, 0.6) is 0 Å². The van der Waals surface area contributed by atoms with E-state index in [2.05, 4.69) is 36.4 Å². The third-order valence-electron chi connectivity index (χ3n) is 4.68.